The molecule has 11 heteroatoms. The minimum Gasteiger partial charge on any atom is -0.383 e. The lowest BCUT2D eigenvalue weighted by Crippen LogP contribution is -2.29. The fourth-order valence-electron chi connectivity index (χ4n) is 3.08. The van der Waals surface area contributed by atoms with Crippen molar-refractivity contribution in [3.05, 3.63) is 33.1 Å². The van der Waals surface area contributed by atoms with E-state index in [1.165, 1.54) is 35.2 Å². The number of methoxy groups -OCH3 is 1. The Labute approximate surface area is 175 Å². The van der Waals surface area contributed by atoms with E-state index in [1.807, 2.05) is 9.47 Å². The summed E-state index contributed by atoms with van der Waals surface area (Å²) < 4.78 is 7.63. The molecule has 156 valence electrons. The molecule has 1 aromatic heterocycles. The topological polar surface area (TPSA) is 107 Å². The van der Waals surface area contributed by atoms with E-state index in [0.717, 1.165) is 31.4 Å². The van der Waals surface area contributed by atoms with Gasteiger partial charge in [-0.2, -0.15) is 4.99 Å². The summed E-state index contributed by atoms with van der Waals surface area (Å²) >= 11 is 2.48. The van der Waals surface area contributed by atoms with E-state index in [-0.39, 0.29) is 29.0 Å². The maximum absolute atomic E-state index is 12.3. The van der Waals surface area contributed by atoms with Crippen molar-refractivity contribution in [1.82, 2.24) is 9.47 Å². The summed E-state index contributed by atoms with van der Waals surface area (Å²) in [5.74, 6) is 0.1000. The molecule has 0 atom stereocenters. The van der Waals surface area contributed by atoms with E-state index < -0.39 is 4.92 Å². The standard InChI is InChI=1S/C18H22N4O5S2/c1-27-9-8-21-14-5-4-13(22(25)26)10-15(14)29-18(21)19-16(23)11-28-12-17(24)20-6-2-3-7-20/h4-5,10H,2-3,6-9,11-12H2,1H3. The number of thiazole rings is 1. The first-order valence-corrected chi connectivity index (χ1v) is 11.2. The molecule has 1 aliphatic heterocycles. The van der Waals surface area contributed by atoms with Gasteiger partial charge in [0.25, 0.3) is 11.6 Å². The molecule has 1 aliphatic rings. The lowest BCUT2D eigenvalue weighted by molar-refractivity contribution is -0.384. The van der Waals surface area contributed by atoms with Crippen molar-refractivity contribution in [2.24, 2.45) is 4.99 Å². The van der Waals surface area contributed by atoms with Gasteiger partial charge >= 0.3 is 0 Å². The predicted molar refractivity (Wildman–Crippen MR) is 112 cm³/mol. The Hall–Kier alpha value is -2.24. The van der Waals surface area contributed by atoms with Crippen LogP contribution in [0.25, 0.3) is 10.2 Å². The molecule has 1 fully saturated rings. The van der Waals surface area contributed by atoms with Crippen LogP contribution >= 0.6 is 23.1 Å². The number of likely N-dealkylation sites (tertiary alicyclic amines) is 1. The average Bonchev–Trinajstić information content (AvgIpc) is 3.34. The van der Waals surface area contributed by atoms with Crippen LogP contribution in [0.3, 0.4) is 0 Å². The van der Waals surface area contributed by atoms with E-state index in [2.05, 4.69) is 4.99 Å². The van der Waals surface area contributed by atoms with Gasteiger partial charge in [-0.15, -0.1) is 11.8 Å². The minimum atomic E-state index is -0.450. The molecule has 9 nitrogen and oxygen atoms in total. The normalized spacial score (nSPS) is 14.7. The first-order chi connectivity index (χ1) is 14.0. The zero-order valence-corrected chi connectivity index (χ0v) is 17.7. The molecule has 2 aromatic rings. The number of rotatable bonds is 8. The number of carbonyl (C=O) groups excluding carboxylic acids is 2. The molecule has 0 saturated carbocycles. The third-order valence-electron chi connectivity index (χ3n) is 4.53. The lowest BCUT2D eigenvalue weighted by atomic mass is 10.3. The van der Waals surface area contributed by atoms with Crippen molar-refractivity contribution >= 4 is 50.8 Å². The van der Waals surface area contributed by atoms with Crippen molar-refractivity contribution in [2.45, 2.75) is 19.4 Å². The number of thioether (sulfide) groups is 1. The predicted octanol–water partition coefficient (Wildman–Crippen LogP) is 2.04. The van der Waals surface area contributed by atoms with Crippen LogP contribution in [-0.2, 0) is 20.9 Å². The molecule has 0 spiro atoms. The van der Waals surface area contributed by atoms with Crippen LogP contribution in [0, 0.1) is 10.1 Å². The maximum Gasteiger partial charge on any atom is 0.270 e. The Balaban J connectivity index is 1.74. The number of fused-ring (bicyclic) bond motifs is 1. The second kappa shape index (κ2) is 9.99. The SMILES string of the molecule is COCCn1c(=NC(=O)CSCC(=O)N2CCCC2)sc2cc([N+](=O)[O-])ccc21. The average molecular weight is 439 g/mol. The van der Waals surface area contributed by atoms with Crippen molar-refractivity contribution < 1.29 is 19.2 Å². The number of nitrogens with zero attached hydrogens (tertiary/aromatic N) is 4. The zero-order chi connectivity index (χ0) is 20.8. The highest BCUT2D eigenvalue weighted by Gasteiger charge is 2.18. The molecule has 29 heavy (non-hydrogen) atoms. The molecule has 3 rings (SSSR count). The van der Waals surface area contributed by atoms with E-state index in [9.17, 15) is 19.7 Å². The third-order valence-corrected chi connectivity index (χ3v) is 6.47. The summed E-state index contributed by atoms with van der Waals surface area (Å²) in [6.45, 7) is 2.49. The highest BCUT2D eigenvalue weighted by Crippen LogP contribution is 2.23. The minimum absolute atomic E-state index is 0.00787. The smallest absolute Gasteiger partial charge is 0.270 e. The number of ether oxygens (including phenoxy) is 1. The Bertz CT molecular complexity index is 978. The van der Waals surface area contributed by atoms with Gasteiger partial charge in [0.1, 0.15) is 0 Å². The largest absolute Gasteiger partial charge is 0.383 e. The molecule has 1 saturated heterocycles. The summed E-state index contributed by atoms with van der Waals surface area (Å²) in [4.78, 5) is 41.4. The molecule has 0 N–H and O–H groups in total. The van der Waals surface area contributed by atoms with Gasteiger partial charge in [0.2, 0.25) is 5.91 Å². The van der Waals surface area contributed by atoms with Crippen molar-refractivity contribution in [3.63, 3.8) is 0 Å². The number of hydrogen-bond donors (Lipinski definition) is 0. The van der Waals surface area contributed by atoms with Crippen LogP contribution in [0.4, 0.5) is 5.69 Å². The van der Waals surface area contributed by atoms with E-state index in [4.69, 9.17) is 4.74 Å². The number of nitro groups is 1. The number of nitro benzene ring substituents is 1. The van der Waals surface area contributed by atoms with Crippen LogP contribution < -0.4 is 4.80 Å². The Morgan fingerprint density at radius 2 is 2.07 bits per heavy atom. The molecule has 1 aromatic carbocycles. The van der Waals surface area contributed by atoms with Crippen LogP contribution in [0.1, 0.15) is 12.8 Å². The van der Waals surface area contributed by atoms with E-state index in [0.29, 0.717) is 22.7 Å². The molecule has 2 heterocycles. The first kappa shape index (κ1) is 21.5. The second-order valence-electron chi connectivity index (χ2n) is 6.52. The van der Waals surface area contributed by atoms with Crippen molar-refractivity contribution in [2.75, 3.05) is 38.3 Å². The number of carbonyl (C=O) groups is 2. The third kappa shape index (κ3) is 5.43. The van der Waals surface area contributed by atoms with Crippen molar-refractivity contribution in [1.29, 1.82) is 0 Å². The van der Waals surface area contributed by atoms with E-state index >= 15 is 0 Å². The molecule has 0 radical (unpaired) electrons. The van der Waals surface area contributed by atoms with E-state index in [1.54, 1.807) is 13.2 Å². The quantitative estimate of drug-likeness (QED) is 0.461. The van der Waals surface area contributed by atoms with Gasteiger partial charge in [-0.05, 0) is 18.9 Å². The van der Waals surface area contributed by atoms with Crippen molar-refractivity contribution in [3.8, 4) is 0 Å². The molecule has 2 amide bonds. The lowest BCUT2D eigenvalue weighted by Gasteiger charge is -2.14. The van der Waals surface area contributed by atoms with Gasteiger partial charge in [0.05, 0.1) is 33.3 Å². The van der Waals surface area contributed by atoms with Gasteiger partial charge in [0.15, 0.2) is 4.80 Å². The molecular formula is C18H22N4O5S2. The fourth-order valence-corrected chi connectivity index (χ4v) is 4.89. The van der Waals surface area contributed by atoms with Gasteiger partial charge in [-0.3, -0.25) is 19.7 Å². The second-order valence-corrected chi connectivity index (χ2v) is 8.52. The zero-order valence-electron chi connectivity index (χ0n) is 16.0. The summed E-state index contributed by atoms with van der Waals surface area (Å²) in [7, 11) is 1.58. The number of benzene rings is 1. The highest BCUT2D eigenvalue weighted by molar-refractivity contribution is 8.00. The summed E-state index contributed by atoms with van der Waals surface area (Å²) in [5.41, 5.74) is 0.757. The summed E-state index contributed by atoms with van der Waals surface area (Å²) in [6.07, 6.45) is 2.08. The van der Waals surface area contributed by atoms with Crippen LogP contribution in [0.15, 0.2) is 23.2 Å². The summed E-state index contributed by atoms with van der Waals surface area (Å²) in [6, 6.07) is 4.58. The maximum atomic E-state index is 12.3. The van der Waals surface area contributed by atoms with Gasteiger partial charge < -0.3 is 14.2 Å². The fraction of sp³-hybridized carbons (Fsp3) is 0.500. The Kier molecular flexibility index (Phi) is 7.40. The number of non-ortho nitro benzene ring substituents is 1. The van der Waals surface area contributed by atoms with Gasteiger partial charge in [-0.1, -0.05) is 11.3 Å². The van der Waals surface area contributed by atoms with Gasteiger partial charge in [-0.25, -0.2) is 0 Å². The number of hydrogen-bond acceptors (Lipinski definition) is 7. The Morgan fingerprint density at radius 3 is 2.76 bits per heavy atom. The highest BCUT2D eigenvalue weighted by atomic mass is 32.2. The summed E-state index contributed by atoms with van der Waals surface area (Å²) in [5, 5.41) is 11.0. The molecule has 0 bridgehead atoms. The molecular weight excluding hydrogens is 416 g/mol. The number of aromatic nitrogens is 1. The van der Waals surface area contributed by atoms with Crippen LogP contribution in [-0.4, -0.2) is 64.5 Å². The van der Waals surface area contributed by atoms with Crippen LogP contribution in [0.2, 0.25) is 0 Å². The Morgan fingerprint density at radius 1 is 1.31 bits per heavy atom. The van der Waals surface area contributed by atoms with Crippen LogP contribution in [0.5, 0.6) is 0 Å². The monoisotopic (exact) mass is 438 g/mol. The van der Waals surface area contributed by atoms with Gasteiger partial charge in [0, 0.05) is 38.9 Å². The molecule has 0 unspecified atom stereocenters. The first-order valence-electron chi connectivity index (χ1n) is 9.19. The number of amides is 2. The molecule has 0 aliphatic carbocycles.